The van der Waals surface area contributed by atoms with Gasteiger partial charge in [0.1, 0.15) is 5.75 Å². The van der Waals surface area contributed by atoms with Gasteiger partial charge in [0.15, 0.2) is 0 Å². The average molecular weight is 494 g/mol. The number of aryl methyl sites for hydroxylation is 1. The number of hydrogen-bond acceptors (Lipinski definition) is 3. The number of carbonyl (C=O) groups is 2. The van der Waals surface area contributed by atoms with E-state index in [1.165, 1.54) is 11.1 Å². The van der Waals surface area contributed by atoms with Gasteiger partial charge in [-0.05, 0) is 42.5 Å². The first-order valence-electron chi connectivity index (χ1n) is 12.9. The van der Waals surface area contributed by atoms with Gasteiger partial charge in [-0.25, -0.2) is 0 Å². The molecule has 4 aliphatic rings. The van der Waals surface area contributed by atoms with Crippen molar-refractivity contribution in [2.45, 2.75) is 31.1 Å². The van der Waals surface area contributed by atoms with Gasteiger partial charge < -0.3 is 14.7 Å². The number of ether oxygens (including phenoxy) is 1. The second-order valence-corrected chi connectivity index (χ2v) is 10.8. The Hall–Kier alpha value is -3.86. The van der Waals surface area contributed by atoms with Gasteiger partial charge in [-0.1, -0.05) is 78.9 Å². The van der Waals surface area contributed by atoms with Crippen LogP contribution < -0.4 is 4.74 Å². The van der Waals surface area contributed by atoms with Gasteiger partial charge >= 0.3 is 5.97 Å². The van der Waals surface area contributed by atoms with Crippen molar-refractivity contribution in [1.82, 2.24) is 4.90 Å². The van der Waals surface area contributed by atoms with E-state index in [-0.39, 0.29) is 24.3 Å². The van der Waals surface area contributed by atoms with E-state index in [1.54, 1.807) is 18.1 Å². The number of carbonyl (C=O) groups excluding carboxylic acids is 1. The summed E-state index contributed by atoms with van der Waals surface area (Å²) in [7, 11) is 1.57. The molecule has 5 nitrogen and oxygen atoms in total. The third-order valence-electron chi connectivity index (χ3n) is 9.28. The zero-order valence-corrected chi connectivity index (χ0v) is 21.2. The lowest BCUT2D eigenvalue weighted by molar-refractivity contribution is -0.157. The molecule has 0 radical (unpaired) electrons. The van der Waals surface area contributed by atoms with Crippen molar-refractivity contribution in [2.75, 3.05) is 20.2 Å². The Bertz CT molecular complexity index is 1430. The molecule has 3 aromatic carbocycles. The largest absolute Gasteiger partial charge is 0.496 e. The Balaban J connectivity index is 1.49. The Morgan fingerprint density at radius 1 is 1.03 bits per heavy atom. The minimum Gasteiger partial charge on any atom is -0.496 e. The summed E-state index contributed by atoms with van der Waals surface area (Å²) in [5.41, 5.74) is 4.06. The van der Waals surface area contributed by atoms with Crippen molar-refractivity contribution in [2.24, 2.45) is 11.3 Å². The van der Waals surface area contributed by atoms with Gasteiger partial charge in [-0.2, -0.15) is 0 Å². The van der Waals surface area contributed by atoms with Crippen LogP contribution in [-0.4, -0.2) is 42.1 Å². The number of likely N-dealkylation sites (tertiary alicyclic amines) is 1. The summed E-state index contributed by atoms with van der Waals surface area (Å²) in [6, 6.07) is 24.2. The van der Waals surface area contributed by atoms with Gasteiger partial charge in [0.2, 0.25) is 0 Å². The number of methoxy groups -OCH3 is 1. The van der Waals surface area contributed by atoms with Crippen LogP contribution in [0.15, 0.2) is 79.4 Å². The van der Waals surface area contributed by atoms with E-state index in [4.69, 9.17) is 4.74 Å². The highest BCUT2D eigenvalue weighted by Gasteiger charge is 2.70. The predicted octanol–water partition coefficient (Wildman–Crippen LogP) is 5.42. The zero-order chi connectivity index (χ0) is 25.9. The molecule has 1 aliphatic heterocycles. The third kappa shape index (κ3) is 3.09. The maximum Gasteiger partial charge on any atom is 0.312 e. The van der Waals surface area contributed by atoms with E-state index >= 15 is 0 Å². The molecule has 1 heterocycles. The van der Waals surface area contributed by atoms with Crippen LogP contribution in [0.4, 0.5) is 0 Å². The molecule has 5 heteroatoms. The molecule has 0 aromatic heterocycles. The molecule has 0 unspecified atom stereocenters. The molecular weight excluding hydrogens is 462 g/mol. The van der Waals surface area contributed by atoms with Crippen LogP contribution in [0.2, 0.25) is 0 Å². The average Bonchev–Trinajstić information content (AvgIpc) is 3.37. The number of carboxylic acid groups (broad SMARTS) is 1. The maximum absolute atomic E-state index is 13.9. The molecule has 3 aromatic rings. The van der Waals surface area contributed by atoms with Crippen LogP contribution in [0.3, 0.4) is 0 Å². The highest BCUT2D eigenvalue weighted by atomic mass is 16.5. The fourth-order valence-electron chi connectivity index (χ4n) is 7.66. The quantitative estimate of drug-likeness (QED) is 0.482. The van der Waals surface area contributed by atoms with E-state index in [1.807, 2.05) is 24.3 Å². The first-order valence-corrected chi connectivity index (χ1v) is 12.9. The number of benzene rings is 3. The smallest absolute Gasteiger partial charge is 0.312 e. The number of hydrogen-bond donors (Lipinski definition) is 1. The number of aliphatic carboxylic acids is 1. The van der Waals surface area contributed by atoms with Crippen molar-refractivity contribution in [1.29, 1.82) is 0 Å². The minimum absolute atomic E-state index is 0.143. The summed E-state index contributed by atoms with van der Waals surface area (Å²) in [6.45, 7) is 6.73. The van der Waals surface area contributed by atoms with Crippen LogP contribution in [0.1, 0.15) is 46.6 Å². The lowest BCUT2D eigenvalue weighted by Gasteiger charge is -2.59. The van der Waals surface area contributed by atoms with Crippen LogP contribution in [0, 0.1) is 18.3 Å². The highest BCUT2D eigenvalue weighted by Crippen LogP contribution is 2.69. The van der Waals surface area contributed by atoms with Crippen LogP contribution in [0.25, 0.3) is 5.57 Å². The monoisotopic (exact) mass is 493 g/mol. The van der Waals surface area contributed by atoms with Crippen molar-refractivity contribution in [3.8, 4) is 5.75 Å². The topological polar surface area (TPSA) is 66.8 Å². The fraction of sp³-hybridized carbons (Fsp3) is 0.312. The summed E-state index contributed by atoms with van der Waals surface area (Å²) in [6.07, 6.45) is 1.65. The Labute approximate surface area is 217 Å². The third-order valence-corrected chi connectivity index (χ3v) is 9.28. The SMILES string of the molecule is C=C(C(=O)N1C[C@H]2[C@]3(c4ccc(C)cc4)CC[C@@H](c4ccccc43)[C@@]2(C(=O)O)C1)c1ccccc1OC. The number of carboxylic acids is 1. The first kappa shape index (κ1) is 23.5. The van der Waals surface area contributed by atoms with Gasteiger partial charge in [0.05, 0.1) is 12.5 Å². The molecule has 0 spiro atoms. The highest BCUT2D eigenvalue weighted by molar-refractivity contribution is 6.19. The van der Waals surface area contributed by atoms with E-state index in [2.05, 4.69) is 56.0 Å². The van der Waals surface area contributed by atoms with Crippen molar-refractivity contribution >= 4 is 17.4 Å². The van der Waals surface area contributed by atoms with Crippen molar-refractivity contribution < 1.29 is 19.4 Å². The molecule has 1 amide bonds. The lowest BCUT2D eigenvalue weighted by atomic mass is 9.42. The van der Waals surface area contributed by atoms with Gasteiger partial charge in [-0.15, -0.1) is 0 Å². The fourth-order valence-corrected chi connectivity index (χ4v) is 7.66. The van der Waals surface area contributed by atoms with E-state index in [9.17, 15) is 14.7 Å². The van der Waals surface area contributed by atoms with Gasteiger partial charge in [0.25, 0.3) is 5.91 Å². The maximum atomic E-state index is 13.9. The second kappa shape index (κ2) is 8.34. The van der Waals surface area contributed by atoms with Crippen LogP contribution >= 0.6 is 0 Å². The first-order chi connectivity index (χ1) is 17.8. The predicted molar refractivity (Wildman–Crippen MR) is 143 cm³/mol. The molecule has 2 fully saturated rings. The van der Waals surface area contributed by atoms with Gasteiger partial charge in [0, 0.05) is 41.5 Å². The molecule has 4 atom stereocenters. The van der Waals surface area contributed by atoms with E-state index < -0.39 is 16.8 Å². The number of para-hydroxylation sites is 1. The standard InChI is InChI=1S/C32H31NO4/c1-20-12-14-22(15-13-20)31-17-16-26(24-9-4-6-10-25(24)31)32(30(35)36)19-33(18-28(31)32)29(34)21(2)23-8-5-7-11-27(23)37-3/h4-15,26,28H,2,16-19H2,1,3H3,(H,35,36)/t26-,28-,31-,32-/m0/s1. The Kier molecular flexibility index (Phi) is 5.30. The molecule has 37 heavy (non-hydrogen) atoms. The van der Waals surface area contributed by atoms with Crippen molar-refractivity contribution in [3.05, 3.63) is 107 Å². The molecule has 7 rings (SSSR count). The number of fused-ring (bicyclic) bond motifs is 1. The minimum atomic E-state index is -1.06. The molecule has 1 N–H and O–H groups in total. The van der Waals surface area contributed by atoms with Crippen molar-refractivity contribution in [3.63, 3.8) is 0 Å². The Morgan fingerprint density at radius 2 is 1.73 bits per heavy atom. The molecule has 188 valence electrons. The summed E-state index contributed by atoms with van der Waals surface area (Å²) in [4.78, 5) is 28.9. The zero-order valence-electron chi connectivity index (χ0n) is 21.2. The van der Waals surface area contributed by atoms with Crippen LogP contribution in [0.5, 0.6) is 5.75 Å². The normalized spacial score (nSPS) is 27.4. The molecule has 2 bridgehead atoms. The lowest BCUT2D eigenvalue weighted by Crippen LogP contribution is -2.60. The summed E-state index contributed by atoms with van der Waals surface area (Å²) < 4.78 is 5.48. The molecule has 3 aliphatic carbocycles. The summed E-state index contributed by atoms with van der Waals surface area (Å²) >= 11 is 0. The van der Waals surface area contributed by atoms with Gasteiger partial charge in [-0.3, -0.25) is 9.59 Å². The Morgan fingerprint density at radius 3 is 2.46 bits per heavy atom. The second-order valence-electron chi connectivity index (χ2n) is 10.8. The number of amides is 1. The molecular formula is C32H31NO4. The molecule has 1 saturated heterocycles. The van der Waals surface area contributed by atoms with E-state index in [0.717, 1.165) is 24.0 Å². The summed E-state index contributed by atoms with van der Waals surface area (Å²) in [5, 5.41) is 10.9. The van der Waals surface area contributed by atoms with Crippen LogP contribution in [-0.2, 0) is 15.0 Å². The summed E-state index contributed by atoms with van der Waals surface area (Å²) in [5.74, 6) is -0.860. The number of nitrogens with zero attached hydrogens (tertiary/aromatic N) is 1. The molecule has 1 saturated carbocycles. The number of rotatable bonds is 5. The van der Waals surface area contributed by atoms with E-state index in [0.29, 0.717) is 23.4 Å².